The van der Waals surface area contributed by atoms with Crippen LogP contribution in [0.25, 0.3) is 11.1 Å². The third-order valence-electron chi connectivity index (χ3n) is 5.87. The maximum absolute atomic E-state index is 14.9. The van der Waals surface area contributed by atoms with Crippen LogP contribution < -0.4 is 9.47 Å². The number of benzene rings is 3. The number of carbonyl (C=O) groups is 1. The predicted octanol–water partition coefficient (Wildman–Crippen LogP) is 7.04. The van der Waals surface area contributed by atoms with Crippen molar-refractivity contribution >= 4 is 5.97 Å². The number of ether oxygens (including phenoxy) is 4. The van der Waals surface area contributed by atoms with Crippen LogP contribution in [0.3, 0.4) is 0 Å². The standard InChI is InChI=1S/C27H22F6O5/c1-2-3-14-11-35-27(36-12-14)15-4-5-18(19(29)6-15)16-7-20(30)24(21(31)8-16)26(34)38-17-9-22(32)25(37-13-28)23(33)10-17/h4-10,14,27H,2-3,11-13H2,1H3. The number of alkyl halides is 1. The van der Waals surface area contributed by atoms with Gasteiger partial charge in [-0.3, -0.25) is 0 Å². The van der Waals surface area contributed by atoms with Crippen LogP contribution in [0, 0.1) is 35.0 Å². The zero-order valence-corrected chi connectivity index (χ0v) is 20.0. The van der Waals surface area contributed by atoms with Crippen LogP contribution in [-0.4, -0.2) is 26.0 Å². The van der Waals surface area contributed by atoms with Gasteiger partial charge < -0.3 is 18.9 Å². The van der Waals surface area contributed by atoms with Crippen molar-refractivity contribution in [3.05, 3.63) is 82.7 Å². The highest BCUT2D eigenvalue weighted by Gasteiger charge is 2.26. The molecule has 0 aliphatic carbocycles. The van der Waals surface area contributed by atoms with Crippen LogP contribution in [0.2, 0.25) is 0 Å². The Kier molecular flexibility index (Phi) is 8.58. The van der Waals surface area contributed by atoms with Crippen LogP contribution in [0.1, 0.15) is 42.0 Å². The Morgan fingerprint density at radius 3 is 2.08 bits per heavy atom. The Labute approximate surface area is 213 Å². The van der Waals surface area contributed by atoms with E-state index in [1.54, 1.807) is 0 Å². The summed E-state index contributed by atoms with van der Waals surface area (Å²) in [6.45, 7) is 1.46. The molecular weight excluding hydrogens is 518 g/mol. The van der Waals surface area contributed by atoms with E-state index in [0.29, 0.717) is 30.9 Å². The third kappa shape index (κ3) is 5.94. The number of carbonyl (C=O) groups excluding carboxylic acids is 1. The molecule has 202 valence electrons. The van der Waals surface area contributed by atoms with Crippen molar-refractivity contribution in [1.82, 2.24) is 0 Å². The van der Waals surface area contributed by atoms with E-state index < -0.39 is 65.3 Å². The van der Waals surface area contributed by atoms with Crippen LogP contribution in [0.15, 0.2) is 42.5 Å². The second-order valence-electron chi connectivity index (χ2n) is 8.57. The summed E-state index contributed by atoms with van der Waals surface area (Å²) in [6.07, 6.45) is 1.15. The maximum atomic E-state index is 14.9. The van der Waals surface area contributed by atoms with Crippen molar-refractivity contribution in [2.45, 2.75) is 26.1 Å². The second kappa shape index (κ2) is 11.9. The van der Waals surface area contributed by atoms with Gasteiger partial charge in [0.2, 0.25) is 6.86 Å². The van der Waals surface area contributed by atoms with E-state index in [4.69, 9.17) is 9.47 Å². The first-order chi connectivity index (χ1) is 18.2. The molecule has 38 heavy (non-hydrogen) atoms. The van der Waals surface area contributed by atoms with Crippen LogP contribution >= 0.6 is 0 Å². The molecule has 0 radical (unpaired) electrons. The van der Waals surface area contributed by atoms with Gasteiger partial charge in [0.15, 0.2) is 23.7 Å². The van der Waals surface area contributed by atoms with Gasteiger partial charge in [-0.05, 0) is 30.2 Å². The lowest BCUT2D eigenvalue weighted by molar-refractivity contribution is -0.206. The molecule has 0 atom stereocenters. The van der Waals surface area contributed by atoms with Crippen molar-refractivity contribution < 1.29 is 50.1 Å². The number of esters is 1. The zero-order chi connectivity index (χ0) is 27.4. The molecule has 0 unspecified atom stereocenters. The molecule has 0 amide bonds. The quantitative estimate of drug-likeness (QED) is 0.174. The number of rotatable bonds is 8. The van der Waals surface area contributed by atoms with Crippen molar-refractivity contribution in [1.29, 1.82) is 0 Å². The van der Waals surface area contributed by atoms with Crippen molar-refractivity contribution in [3.8, 4) is 22.6 Å². The molecule has 3 aromatic carbocycles. The normalized spacial score (nSPS) is 17.3. The zero-order valence-electron chi connectivity index (χ0n) is 20.0. The Balaban J connectivity index is 1.52. The van der Waals surface area contributed by atoms with Crippen LogP contribution in [0.5, 0.6) is 11.5 Å². The van der Waals surface area contributed by atoms with Crippen LogP contribution in [0.4, 0.5) is 26.3 Å². The maximum Gasteiger partial charge on any atom is 0.349 e. The summed E-state index contributed by atoms with van der Waals surface area (Å²) in [7, 11) is 0. The fourth-order valence-electron chi connectivity index (χ4n) is 4.09. The molecule has 11 heteroatoms. The Morgan fingerprint density at radius 1 is 0.895 bits per heavy atom. The fourth-order valence-corrected chi connectivity index (χ4v) is 4.09. The summed E-state index contributed by atoms with van der Waals surface area (Å²) in [5.41, 5.74) is -1.14. The van der Waals surface area contributed by atoms with E-state index >= 15 is 0 Å². The smallest absolute Gasteiger partial charge is 0.349 e. The van der Waals surface area contributed by atoms with Gasteiger partial charge >= 0.3 is 5.97 Å². The minimum absolute atomic E-state index is 0.154. The molecule has 1 heterocycles. The van der Waals surface area contributed by atoms with Crippen LogP contribution in [-0.2, 0) is 9.47 Å². The molecule has 0 saturated carbocycles. The Morgan fingerprint density at radius 2 is 1.53 bits per heavy atom. The largest absolute Gasteiger partial charge is 0.457 e. The molecule has 0 bridgehead atoms. The summed E-state index contributed by atoms with van der Waals surface area (Å²) < 4.78 is 105. The van der Waals surface area contributed by atoms with Gasteiger partial charge in [0.05, 0.1) is 13.2 Å². The first kappa shape index (κ1) is 27.5. The average molecular weight is 540 g/mol. The summed E-state index contributed by atoms with van der Waals surface area (Å²) >= 11 is 0. The van der Waals surface area contributed by atoms with E-state index in [-0.39, 0.29) is 17.0 Å². The summed E-state index contributed by atoms with van der Waals surface area (Å²) in [5.74, 6) is -9.53. The van der Waals surface area contributed by atoms with Crippen molar-refractivity contribution in [2.75, 3.05) is 20.1 Å². The molecule has 5 nitrogen and oxygen atoms in total. The summed E-state index contributed by atoms with van der Waals surface area (Å²) in [5, 5.41) is 0. The molecule has 3 aromatic rings. The lowest BCUT2D eigenvalue weighted by atomic mass is 10.00. The molecule has 0 aromatic heterocycles. The van der Waals surface area contributed by atoms with Crippen molar-refractivity contribution in [3.63, 3.8) is 0 Å². The van der Waals surface area contributed by atoms with E-state index in [1.165, 1.54) is 12.1 Å². The monoisotopic (exact) mass is 540 g/mol. The van der Waals surface area contributed by atoms with Gasteiger partial charge in [-0.1, -0.05) is 25.5 Å². The average Bonchev–Trinajstić information content (AvgIpc) is 2.86. The summed E-state index contributed by atoms with van der Waals surface area (Å²) in [4.78, 5) is 12.3. The molecule has 1 aliphatic rings. The second-order valence-corrected chi connectivity index (χ2v) is 8.57. The lowest BCUT2D eigenvalue weighted by Gasteiger charge is -2.29. The van der Waals surface area contributed by atoms with Gasteiger partial charge in [0.25, 0.3) is 0 Å². The van der Waals surface area contributed by atoms with E-state index in [0.717, 1.165) is 31.0 Å². The first-order valence-electron chi connectivity index (χ1n) is 11.6. The highest BCUT2D eigenvalue weighted by atomic mass is 19.2. The van der Waals surface area contributed by atoms with Gasteiger partial charge in [-0.2, -0.15) is 0 Å². The molecule has 0 spiro atoms. The minimum Gasteiger partial charge on any atom is -0.457 e. The van der Waals surface area contributed by atoms with Gasteiger partial charge in [0, 0.05) is 29.2 Å². The number of hydrogen-bond donors (Lipinski definition) is 0. The molecule has 4 rings (SSSR count). The number of hydrogen-bond acceptors (Lipinski definition) is 5. The molecule has 0 N–H and O–H groups in total. The number of halogens is 6. The SMILES string of the molecule is CCCC1COC(c2ccc(-c3cc(F)c(C(=O)Oc4cc(F)c(OCF)c(F)c4)c(F)c3)c(F)c2)OC1. The minimum atomic E-state index is -1.60. The predicted molar refractivity (Wildman–Crippen MR) is 123 cm³/mol. The van der Waals surface area contributed by atoms with E-state index in [9.17, 15) is 31.1 Å². The topological polar surface area (TPSA) is 54.0 Å². The molecule has 1 saturated heterocycles. The first-order valence-corrected chi connectivity index (χ1v) is 11.6. The van der Waals surface area contributed by atoms with Crippen molar-refractivity contribution in [2.24, 2.45) is 5.92 Å². The highest BCUT2D eigenvalue weighted by molar-refractivity contribution is 5.92. The lowest BCUT2D eigenvalue weighted by Crippen LogP contribution is -2.27. The molecular formula is C27H22F6O5. The molecule has 1 aliphatic heterocycles. The van der Waals surface area contributed by atoms with E-state index in [1.807, 2.05) is 0 Å². The fraction of sp³-hybridized carbons (Fsp3) is 0.296. The third-order valence-corrected chi connectivity index (χ3v) is 5.87. The van der Waals surface area contributed by atoms with E-state index in [2.05, 4.69) is 16.4 Å². The van der Waals surface area contributed by atoms with Gasteiger partial charge in [-0.15, -0.1) is 0 Å². The Bertz CT molecular complexity index is 1280. The summed E-state index contributed by atoms with van der Waals surface area (Å²) in [6, 6.07) is 6.35. The van der Waals surface area contributed by atoms with Gasteiger partial charge in [-0.25, -0.2) is 31.1 Å². The Hall–Kier alpha value is -3.57. The molecule has 1 fully saturated rings. The highest BCUT2D eigenvalue weighted by Crippen LogP contribution is 2.33. The van der Waals surface area contributed by atoms with Gasteiger partial charge in [0.1, 0.15) is 28.8 Å².